The predicted octanol–water partition coefficient (Wildman–Crippen LogP) is 3.10. The van der Waals surface area contributed by atoms with E-state index in [0.29, 0.717) is 25.3 Å². The third-order valence-corrected chi connectivity index (χ3v) is 6.76. The highest BCUT2D eigenvalue weighted by molar-refractivity contribution is 5.92. The SMILES string of the molecule is CC(=O)C1CCCN(C(=O)C(C)NC(=O)CNC(=O)C(C)(C)/C=C/c2ccc3ccc(C(C)C)cc3n2)N1. The lowest BCUT2D eigenvalue weighted by molar-refractivity contribution is -0.142. The van der Waals surface area contributed by atoms with Crippen LogP contribution >= 0.6 is 0 Å². The molecule has 1 fully saturated rings. The van der Waals surface area contributed by atoms with E-state index in [-0.39, 0.29) is 24.1 Å². The first kappa shape index (κ1) is 29.0. The number of aromatic nitrogens is 1. The lowest BCUT2D eigenvalue weighted by Gasteiger charge is -2.34. The third kappa shape index (κ3) is 7.47. The number of benzene rings is 1. The van der Waals surface area contributed by atoms with Crippen LogP contribution in [0.15, 0.2) is 36.4 Å². The highest BCUT2D eigenvalue weighted by atomic mass is 16.2. The van der Waals surface area contributed by atoms with E-state index in [0.717, 1.165) is 16.6 Å². The van der Waals surface area contributed by atoms with Gasteiger partial charge in [0.15, 0.2) is 0 Å². The number of ketones is 1. The molecule has 1 saturated heterocycles. The summed E-state index contributed by atoms with van der Waals surface area (Å²) in [5.41, 5.74) is 4.89. The largest absolute Gasteiger partial charge is 0.346 e. The number of fused-ring (bicyclic) bond motifs is 1. The van der Waals surface area contributed by atoms with E-state index in [4.69, 9.17) is 4.98 Å². The van der Waals surface area contributed by atoms with Crippen LogP contribution in [0.3, 0.4) is 0 Å². The van der Waals surface area contributed by atoms with Crippen molar-refractivity contribution in [2.75, 3.05) is 13.1 Å². The Hall–Kier alpha value is -3.59. The van der Waals surface area contributed by atoms with Gasteiger partial charge in [-0.2, -0.15) is 0 Å². The van der Waals surface area contributed by atoms with Crippen molar-refractivity contribution in [3.8, 4) is 0 Å². The zero-order valence-electron chi connectivity index (χ0n) is 23.1. The maximum absolute atomic E-state index is 12.8. The van der Waals surface area contributed by atoms with Crippen LogP contribution in [0.25, 0.3) is 17.0 Å². The minimum absolute atomic E-state index is 0.0322. The average molecular weight is 522 g/mol. The number of hydrazine groups is 1. The van der Waals surface area contributed by atoms with Crippen molar-refractivity contribution in [1.29, 1.82) is 0 Å². The normalized spacial score (nSPS) is 17.0. The Morgan fingerprint density at radius 1 is 1.16 bits per heavy atom. The lowest BCUT2D eigenvalue weighted by Crippen LogP contribution is -2.59. The molecule has 0 radical (unpaired) electrons. The van der Waals surface area contributed by atoms with E-state index >= 15 is 0 Å². The number of rotatable bonds is 9. The first-order valence-corrected chi connectivity index (χ1v) is 13.1. The molecular weight excluding hydrogens is 482 g/mol. The molecule has 9 heteroatoms. The molecule has 1 aromatic carbocycles. The first-order chi connectivity index (χ1) is 17.9. The van der Waals surface area contributed by atoms with Gasteiger partial charge in [-0.1, -0.05) is 38.1 Å². The highest BCUT2D eigenvalue weighted by Gasteiger charge is 2.29. The van der Waals surface area contributed by atoms with Gasteiger partial charge in [-0.25, -0.2) is 10.4 Å². The van der Waals surface area contributed by atoms with Crippen LogP contribution in [0.5, 0.6) is 0 Å². The molecule has 1 aromatic heterocycles. The Labute approximate surface area is 224 Å². The quantitative estimate of drug-likeness (QED) is 0.466. The Bertz CT molecular complexity index is 1240. The molecule has 2 aromatic rings. The number of hydrogen-bond donors (Lipinski definition) is 3. The summed E-state index contributed by atoms with van der Waals surface area (Å²) in [7, 11) is 0. The molecule has 3 N–H and O–H groups in total. The van der Waals surface area contributed by atoms with Gasteiger partial charge in [0.2, 0.25) is 11.8 Å². The lowest BCUT2D eigenvalue weighted by atomic mass is 9.91. The smallest absolute Gasteiger partial charge is 0.258 e. The van der Waals surface area contributed by atoms with E-state index in [1.54, 1.807) is 26.8 Å². The van der Waals surface area contributed by atoms with Crippen molar-refractivity contribution in [2.45, 2.75) is 72.4 Å². The summed E-state index contributed by atoms with van der Waals surface area (Å²) in [5, 5.41) is 7.70. The molecular formula is C29H39N5O4. The molecule has 2 heterocycles. The molecule has 0 saturated carbocycles. The van der Waals surface area contributed by atoms with Gasteiger partial charge in [0.1, 0.15) is 11.8 Å². The molecule has 1 aliphatic rings. The number of Topliss-reactive ketones (excluding diaryl/α,β-unsaturated/α-hetero) is 1. The molecule has 0 spiro atoms. The minimum atomic E-state index is -0.891. The number of carbonyl (C=O) groups excluding carboxylic acids is 4. The Morgan fingerprint density at radius 3 is 2.55 bits per heavy atom. The summed E-state index contributed by atoms with van der Waals surface area (Å²) in [4.78, 5) is 54.3. The Kier molecular flexibility index (Phi) is 9.38. The monoisotopic (exact) mass is 521 g/mol. The second-order valence-electron chi connectivity index (χ2n) is 10.8. The van der Waals surface area contributed by atoms with Crippen molar-refractivity contribution >= 4 is 40.5 Å². The van der Waals surface area contributed by atoms with Crippen LogP contribution in [-0.4, -0.2) is 58.7 Å². The van der Waals surface area contributed by atoms with Gasteiger partial charge in [0.05, 0.1) is 29.2 Å². The summed E-state index contributed by atoms with van der Waals surface area (Å²) >= 11 is 0. The van der Waals surface area contributed by atoms with Crippen LogP contribution in [0, 0.1) is 5.41 Å². The van der Waals surface area contributed by atoms with Gasteiger partial charge < -0.3 is 10.6 Å². The summed E-state index contributed by atoms with van der Waals surface area (Å²) in [6.07, 6.45) is 4.95. The van der Waals surface area contributed by atoms with Crippen LogP contribution in [-0.2, 0) is 19.2 Å². The second kappa shape index (κ2) is 12.3. The molecule has 0 bridgehead atoms. The molecule has 204 valence electrons. The number of hydrogen-bond acceptors (Lipinski definition) is 6. The van der Waals surface area contributed by atoms with E-state index < -0.39 is 23.4 Å². The van der Waals surface area contributed by atoms with Crippen LogP contribution in [0.4, 0.5) is 0 Å². The van der Waals surface area contributed by atoms with Crippen molar-refractivity contribution in [3.63, 3.8) is 0 Å². The van der Waals surface area contributed by atoms with Gasteiger partial charge in [0.25, 0.3) is 5.91 Å². The van der Waals surface area contributed by atoms with Gasteiger partial charge >= 0.3 is 0 Å². The van der Waals surface area contributed by atoms with Crippen LogP contribution in [0.1, 0.15) is 71.6 Å². The fraction of sp³-hybridized carbons (Fsp3) is 0.483. The number of pyridine rings is 1. The van der Waals surface area contributed by atoms with E-state index in [1.807, 2.05) is 18.2 Å². The summed E-state index contributed by atoms with van der Waals surface area (Å²) in [6.45, 7) is 11.1. The predicted molar refractivity (Wildman–Crippen MR) is 148 cm³/mol. The van der Waals surface area contributed by atoms with Crippen molar-refractivity contribution in [3.05, 3.63) is 47.7 Å². The number of amides is 3. The van der Waals surface area contributed by atoms with Gasteiger partial charge in [-0.3, -0.25) is 24.2 Å². The summed E-state index contributed by atoms with van der Waals surface area (Å²) in [6, 6.07) is 8.97. The molecule has 2 atom stereocenters. The molecule has 3 amide bonds. The van der Waals surface area contributed by atoms with E-state index in [1.165, 1.54) is 17.5 Å². The standard InChI is InChI=1S/C29H39N5O4/c1-18(2)22-10-9-21-11-12-23(32-25(21)16-22)13-14-29(5,6)28(38)30-17-26(36)31-19(3)27(37)34-15-7-8-24(33-34)20(4)35/h9-14,16,18-19,24,33H,7-8,15,17H2,1-6H3,(H,30,38)(H,31,36)/b14-13+. The van der Waals surface area contributed by atoms with Crippen molar-refractivity contribution in [1.82, 2.24) is 26.1 Å². The number of nitrogens with zero attached hydrogens (tertiary/aromatic N) is 2. The topological polar surface area (TPSA) is 121 Å². The second-order valence-corrected chi connectivity index (χ2v) is 10.8. The van der Waals surface area contributed by atoms with Gasteiger partial charge in [-0.15, -0.1) is 0 Å². The molecule has 1 aliphatic heterocycles. The van der Waals surface area contributed by atoms with Crippen molar-refractivity contribution < 1.29 is 19.2 Å². The zero-order chi connectivity index (χ0) is 28.0. The fourth-order valence-electron chi connectivity index (χ4n) is 4.19. The van der Waals surface area contributed by atoms with E-state index in [2.05, 4.69) is 48.1 Å². The Morgan fingerprint density at radius 2 is 1.87 bits per heavy atom. The molecule has 2 unspecified atom stereocenters. The summed E-state index contributed by atoms with van der Waals surface area (Å²) in [5.74, 6) is -0.761. The van der Waals surface area contributed by atoms with E-state index in [9.17, 15) is 19.2 Å². The summed E-state index contributed by atoms with van der Waals surface area (Å²) < 4.78 is 0. The number of nitrogens with one attached hydrogen (secondary N) is 3. The fourth-order valence-corrected chi connectivity index (χ4v) is 4.19. The highest BCUT2D eigenvalue weighted by Crippen LogP contribution is 2.22. The first-order valence-electron chi connectivity index (χ1n) is 13.1. The van der Waals surface area contributed by atoms with Crippen molar-refractivity contribution in [2.24, 2.45) is 5.41 Å². The number of carbonyl (C=O) groups is 4. The minimum Gasteiger partial charge on any atom is -0.346 e. The average Bonchev–Trinajstić information content (AvgIpc) is 2.89. The van der Waals surface area contributed by atoms with Crippen LogP contribution in [0.2, 0.25) is 0 Å². The molecule has 9 nitrogen and oxygen atoms in total. The Balaban J connectivity index is 1.53. The van der Waals surface area contributed by atoms with Gasteiger partial charge in [-0.05, 0) is 70.2 Å². The maximum atomic E-state index is 12.8. The molecule has 38 heavy (non-hydrogen) atoms. The third-order valence-electron chi connectivity index (χ3n) is 6.76. The molecule has 3 rings (SSSR count). The van der Waals surface area contributed by atoms with Gasteiger partial charge in [0, 0.05) is 11.9 Å². The van der Waals surface area contributed by atoms with Crippen LogP contribution < -0.4 is 16.1 Å². The maximum Gasteiger partial charge on any atom is 0.258 e. The zero-order valence-corrected chi connectivity index (χ0v) is 23.1. The molecule has 0 aliphatic carbocycles.